The van der Waals surface area contributed by atoms with Crippen molar-refractivity contribution in [2.24, 2.45) is 5.92 Å². The van der Waals surface area contributed by atoms with Crippen LogP contribution in [0.4, 0.5) is 10.1 Å². The number of benzene rings is 1. The van der Waals surface area contributed by atoms with Crippen LogP contribution in [0.1, 0.15) is 46.9 Å². The van der Waals surface area contributed by atoms with Crippen LogP contribution >= 0.6 is 11.6 Å². The third-order valence-electron chi connectivity index (χ3n) is 6.97. The highest BCUT2D eigenvalue weighted by atomic mass is 35.5. The van der Waals surface area contributed by atoms with Crippen LogP contribution < -0.4 is 5.32 Å². The second-order valence-electron chi connectivity index (χ2n) is 9.49. The molecule has 1 N–H and O–H groups in total. The molecule has 2 aliphatic heterocycles. The molecule has 188 valence electrons. The number of amides is 2. The number of hydrogen-bond acceptors (Lipinski definition) is 5. The summed E-state index contributed by atoms with van der Waals surface area (Å²) in [5, 5.41) is 3.36. The molecule has 2 aliphatic rings. The minimum atomic E-state index is -0.523. The first-order valence-corrected chi connectivity index (χ1v) is 12.4. The molecular weight excluding hydrogens is 471 g/mol. The van der Waals surface area contributed by atoms with Crippen LogP contribution in [-0.2, 0) is 16.1 Å². The van der Waals surface area contributed by atoms with E-state index in [-0.39, 0.29) is 29.1 Å². The average Bonchev–Trinajstić information content (AvgIpc) is 2.84. The van der Waals surface area contributed by atoms with Crippen molar-refractivity contribution in [2.75, 3.05) is 38.2 Å². The largest absolute Gasteiger partial charge is 0.381 e. The molecule has 35 heavy (non-hydrogen) atoms. The summed E-state index contributed by atoms with van der Waals surface area (Å²) >= 11 is 6.39. The first kappa shape index (κ1) is 25.5. The SMILES string of the molecule is Cc1ncc(C(=O)Nc2cc(Cl)cc(CN3CCN(C(=O)C4CCOCC4)C(C)C3)c2C)cc1F. The lowest BCUT2D eigenvalue weighted by atomic mass is 9.97. The number of aryl methyl sites for hydroxylation is 1. The summed E-state index contributed by atoms with van der Waals surface area (Å²) in [6.45, 7) is 9.76. The standard InChI is InChI=1S/C26H32ClFN4O3/c1-16-14-31(6-7-32(16)26(34)19-4-8-35-9-5-19)15-21-10-22(27)12-24(17(21)2)30-25(33)20-11-23(28)18(3)29-13-20/h10-13,16,19H,4-9,14-15H2,1-3H3,(H,30,33). The summed E-state index contributed by atoms with van der Waals surface area (Å²) < 4.78 is 19.3. The van der Waals surface area contributed by atoms with Gasteiger partial charge in [0.05, 0.1) is 11.3 Å². The maximum absolute atomic E-state index is 13.9. The first-order valence-electron chi connectivity index (χ1n) is 12.1. The zero-order valence-corrected chi connectivity index (χ0v) is 21.2. The molecular formula is C26H32ClFN4O3. The molecule has 2 aromatic rings. The van der Waals surface area contributed by atoms with Gasteiger partial charge in [-0.05, 0) is 62.9 Å². The number of carbonyl (C=O) groups excluding carboxylic acids is 2. The van der Waals surface area contributed by atoms with Gasteiger partial charge in [0, 0.05) is 68.3 Å². The van der Waals surface area contributed by atoms with Gasteiger partial charge in [-0.25, -0.2) is 4.39 Å². The molecule has 2 amide bonds. The van der Waals surface area contributed by atoms with Crippen molar-refractivity contribution < 1.29 is 18.7 Å². The van der Waals surface area contributed by atoms with Crippen LogP contribution in [0.25, 0.3) is 0 Å². The van der Waals surface area contributed by atoms with E-state index in [9.17, 15) is 14.0 Å². The number of ether oxygens (including phenoxy) is 1. The molecule has 0 bridgehead atoms. The lowest BCUT2D eigenvalue weighted by Gasteiger charge is -2.42. The molecule has 3 heterocycles. The van der Waals surface area contributed by atoms with Gasteiger partial charge in [0.2, 0.25) is 5.91 Å². The number of halogens is 2. The van der Waals surface area contributed by atoms with E-state index < -0.39 is 11.7 Å². The number of anilines is 1. The van der Waals surface area contributed by atoms with Gasteiger partial charge in [-0.2, -0.15) is 0 Å². The molecule has 2 fully saturated rings. The number of aromatic nitrogens is 1. The van der Waals surface area contributed by atoms with Crippen molar-refractivity contribution in [1.82, 2.24) is 14.8 Å². The maximum Gasteiger partial charge on any atom is 0.257 e. The fraction of sp³-hybridized carbons (Fsp3) is 0.500. The Morgan fingerprint density at radius 3 is 2.63 bits per heavy atom. The maximum atomic E-state index is 13.9. The Kier molecular flexibility index (Phi) is 8.04. The number of pyridine rings is 1. The number of hydrogen-bond donors (Lipinski definition) is 1. The Hall–Kier alpha value is -2.55. The quantitative estimate of drug-likeness (QED) is 0.663. The fourth-order valence-corrected chi connectivity index (χ4v) is 5.02. The molecule has 0 spiro atoms. The van der Waals surface area contributed by atoms with E-state index in [1.807, 2.05) is 17.9 Å². The van der Waals surface area contributed by atoms with Crippen molar-refractivity contribution in [2.45, 2.75) is 46.2 Å². The number of nitrogens with zero attached hydrogens (tertiary/aromatic N) is 3. The molecule has 1 unspecified atom stereocenters. The van der Waals surface area contributed by atoms with Gasteiger partial charge in [0.15, 0.2) is 0 Å². The van der Waals surface area contributed by atoms with Crippen LogP contribution in [0, 0.1) is 25.6 Å². The molecule has 0 radical (unpaired) electrons. The Bertz CT molecular complexity index is 1110. The first-order chi connectivity index (χ1) is 16.7. The second-order valence-corrected chi connectivity index (χ2v) is 9.92. The number of piperazine rings is 1. The molecule has 7 nitrogen and oxygen atoms in total. The predicted octanol–water partition coefficient (Wildman–Crippen LogP) is 4.20. The van der Waals surface area contributed by atoms with E-state index in [0.29, 0.717) is 37.0 Å². The number of nitrogens with one attached hydrogen (secondary N) is 1. The van der Waals surface area contributed by atoms with Gasteiger partial charge in [0.1, 0.15) is 5.82 Å². The summed E-state index contributed by atoms with van der Waals surface area (Å²) in [4.78, 5) is 33.9. The minimum Gasteiger partial charge on any atom is -0.381 e. The van der Waals surface area contributed by atoms with E-state index in [0.717, 1.165) is 37.1 Å². The van der Waals surface area contributed by atoms with E-state index >= 15 is 0 Å². The van der Waals surface area contributed by atoms with Crippen molar-refractivity contribution in [3.8, 4) is 0 Å². The third kappa shape index (κ3) is 6.00. The van der Waals surface area contributed by atoms with Crippen molar-refractivity contribution in [3.63, 3.8) is 0 Å². The average molecular weight is 503 g/mol. The topological polar surface area (TPSA) is 74.8 Å². The third-order valence-corrected chi connectivity index (χ3v) is 7.19. The van der Waals surface area contributed by atoms with Gasteiger partial charge < -0.3 is 15.0 Å². The van der Waals surface area contributed by atoms with Crippen molar-refractivity contribution in [3.05, 3.63) is 57.6 Å². The summed E-state index contributed by atoms with van der Waals surface area (Å²) in [5.41, 5.74) is 2.87. The Labute approximate surface area is 210 Å². The molecule has 4 rings (SSSR count). The lowest BCUT2D eigenvalue weighted by Crippen LogP contribution is -2.55. The molecule has 2 saturated heterocycles. The summed E-state index contributed by atoms with van der Waals surface area (Å²) in [7, 11) is 0. The molecule has 9 heteroatoms. The van der Waals surface area contributed by atoms with Gasteiger partial charge in [-0.15, -0.1) is 0 Å². The van der Waals surface area contributed by atoms with Crippen molar-refractivity contribution in [1.29, 1.82) is 0 Å². The number of carbonyl (C=O) groups is 2. The van der Waals surface area contributed by atoms with Crippen molar-refractivity contribution >= 4 is 29.1 Å². The Balaban J connectivity index is 1.42. The highest BCUT2D eigenvalue weighted by Gasteiger charge is 2.32. The van der Waals surface area contributed by atoms with Crippen LogP contribution in [0.5, 0.6) is 0 Å². The number of rotatable bonds is 5. The normalized spacial score (nSPS) is 19.6. The van der Waals surface area contributed by atoms with Crippen LogP contribution in [-0.4, -0.2) is 65.5 Å². The zero-order chi connectivity index (χ0) is 25.1. The van der Waals surface area contributed by atoms with E-state index in [1.165, 1.54) is 12.3 Å². The summed E-state index contributed by atoms with van der Waals surface area (Å²) in [6, 6.07) is 4.90. The summed E-state index contributed by atoms with van der Waals surface area (Å²) in [6.07, 6.45) is 2.96. The highest BCUT2D eigenvalue weighted by molar-refractivity contribution is 6.31. The van der Waals surface area contributed by atoms with Crippen LogP contribution in [0.15, 0.2) is 24.4 Å². The molecule has 1 aromatic carbocycles. The van der Waals surface area contributed by atoms with Gasteiger partial charge in [-0.3, -0.25) is 19.5 Å². The van der Waals surface area contributed by atoms with Gasteiger partial charge in [-0.1, -0.05) is 11.6 Å². The second kappa shape index (κ2) is 11.0. The van der Waals surface area contributed by atoms with Crippen LogP contribution in [0.3, 0.4) is 0 Å². The van der Waals surface area contributed by atoms with Gasteiger partial charge in [0.25, 0.3) is 5.91 Å². The smallest absolute Gasteiger partial charge is 0.257 e. The molecule has 0 saturated carbocycles. The van der Waals surface area contributed by atoms with Gasteiger partial charge >= 0.3 is 0 Å². The Morgan fingerprint density at radius 2 is 1.94 bits per heavy atom. The van der Waals surface area contributed by atoms with E-state index in [1.54, 1.807) is 13.0 Å². The monoisotopic (exact) mass is 502 g/mol. The summed E-state index contributed by atoms with van der Waals surface area (Å²) in [5.74, 6) is -0.658. The van der Waals surface area contributed by atoms with E-state index in [2.05, 4.69) is 22.1 Å². The zero-order valence-electron chi connectivity index (χ0n) is 20.4. The molecule has 1 aromatic heterocycles. The minimum absolute atomic E-state index is 0.0660. The predicted molar refractivity (Wildman–Crippen MR) is 133 cm³/mol. The Morgan fingerprint density at radius 1 is 1.20 bits per heavy atom. The molecule has 1 atom stereocenters. The highest BCUT2D eigenvalue weighted by Crippen LogP contribution is 2.28. The molecule has 0 aliphatic carbocycles. The lowest BCUT2D eigenvalue weighted by molar-refractivity contribution is -0.143. The van der Waals surface area contributed by atoms with Crippen LogP contribution in [0.2, 0.25) is 5.02 Å². The van der Waals surface area contributed by atoms with E-state index in [4.69, 9.17) is 16.3 Å². The fourth-order valence-electron chi connectivity index (χ4n) is 4.78.